The van der Waals surface area contributed by atoms with Gasteiger partial charge < -0.3 is 5.32 Å². The summed E-state index contributed by atoms with van der Waals surface area (Å²) in [5.74, 6) is 0.484. The first kappa shape index (κ1) is 19.1. The van der Waals surface area contributed by atoms with Crippen LogP contribution >= 0.6 is 0 Å². The Kier molecular flexibility index (Phi) is 5.23. The number of carbonyl (C=O) groups is 1. The number of hydrogen-bond acceptors (Lipinski definition) is 5. The first-order valence-electron chi connectivity index (χ1n) is 9.86. The molecule has 2 heterocycles. The molecule has 1 atom stereocenters. The number of carbonyl (C=O) groups excluding carboxylic acids is 1. The maximum absolute atomic E-state index is 12.6. The number of nitrogens with zero attached hydrogens (tertiary/aromatic N) is 2. The van der Waals surface area contributed by atoms with Crippen molar-refractivity contribution >= 4 is 26.6 Å². The number of nitrogens with one attached hydrogen (secondary N) is 1. The molecule has 1 aliphatic carbocycles. The van der Waals surface area contributed by atoms with Crippen LogP contribution in [-0.2, 0) is 21.2 Å². The van der Waals surface area contributed by atoms with Gasteiger partial charge in [-0.05, 0) is 50.2 Å². The third-order valence-electron chi connectivity index (χ3n) is 5.98. The van der Waals surface area contributed by atoms with E-state index in [4.69, 9.17) is 0 Å². The van der Waals surface area contributed by atoms with Crippen molar-refractivity contribution in [1.82, 2.24) is 14.9 Å². The molecule has 2 fully saturated rings. The fraction of sp³-hybridized carbons (Fsp3) is 0.550. The van der Waals surface area contributed by atoms with Crippen LogP contribution < -0.4 is 10.9 Å². The predicted molar refractivity (Wildman–Crippen MR) is 107 cm³/mol. The second-order valence-corrected chi connectivity index (χ2v) is 10.3. The van der Waals surface area contributed by atoms with Gasteiger partial charge in [0.2, 0.25) is 5.91 Å². The average molecular weight is 404 g/mol. The highest BCUT2D eigenvalue weighted by atomic mass is 32.2. The lowest BCUT2D eigenvalue weighted by molar-refractivity contribution is -0.126. The zero-order valence-electron chi connectivity index (χ0n) is 15.7. The quantitative estimate of drug-likeness (QED) is 0.834. The second kappa shape index (κ2) is 7.66. The molecule has 0 bridgehead atoms. The van der Waals surface area contributed by atoms with Crippen LogP contribution in [0.5, 0.6) is 0 Å². The van der Waals surface area contributed by atoms with Gasteiger partial charge in [0.25, 0.3) is 5.56 Å². The van der Waals surface area contributed by atoms with Crippen molar-refractivity contribution in [3.63, 3.8) is 0 Å². The summed E-state index contributed by atoms with van der Waals surface area (Å²) in [6, 6.07) is 7.10. The van der Waals surface area contributed by atoms with Crippen molar-refractivity contribution in [3.05, 3.63) is 40.9 Å². The molecule has 1 amide bonds. The molecule has 0 unspecified atom stereocenters. The van der Waals surface area contributed by atoms with Gasteiger partial charge in [0.1, 0.15) is 0 Å². The number of aromatic nitrogens is 2. The van der Waals surface area contributed by atoms with Gasteiger partial charge in [-0.2, -0.15) is 0 Å². The highest BCUT2D eigenvalue weighted by molar-refractivity contribution is 7.91. The molecule has 4 rings (SSSR count). The minimum absolute atomic E-state index is 0.0205. The third-order valence-corrected chi connectivity index (χ3v) is 7.75. The van der Waals surface area contributed by atoms with Crippen molar-refractivity contribution in [2.24, 2.45) is 11.8 Å². The van der Waals surface area contributed by atoms with Gasteiger partial charge in [-0.1, -0.05) is 12.1 Å². The average Bonchev–Trinajstić information content (AvgIpc) is 3.03. The first-order valence-corrected chi connectivity index (χ1v) is 11.7. The molecule has 1 aromatic heterocycles. The van der Waals surface area contributed by atoms with E-state index in [0.717, 1.165) is 25.7 Å². The Labute approximate surface area is 164 Å². The molecular weight excluding hydrogens is 378 g/mol. The van der Waals surface area contributed by atoms with Crippen LogP contribution in [0.25, 0.3) is 10.9 Å². The highest BCUT2D eigenvalue weighted by Gasteiger charge is 2.32. The van der Waals surface area contributed by atoms with Gasteiger partial charge >= 0.3 is 0 Å². The molecule has 1 saturated carbocycles. The zero-order chi connectivity index (χ0) is 19.7. The maximum Gasteiger partial charge on any atom is 0.261 e. The predicted octanol–water partition coefficient (Wildman–Crippen LogP) is 1.51. The maximum atomic E-state index is 12.6. The topological polar surface area (TPSA) is 98.1 Å². The summed E-state index contributed by atoms with van der Waals surface area (Å²) in [4.78, 5) is 29.5. The largest absolute Gasteiger partial charge is 0.352 e. The Morgan fingerprint density at radius 1 is 1.14 bits per heavy atom. The summed E-state index contributed by atoms with van der Waals surface area (Å²) in [6.07, 6.45) is 5.42. The molecule has 2 aromatic rings. The fourth-order valence-electron chi connectivity index (χ4n) is 4.35. The second-order valence-electron chi connectivity index (χ2n) is 8.05. The Hall–Kier alpha value is -2.22. The molecule has 1 aromatic carbocycles. The monoisotopic (exact) mass is 403 g/mol. The molecule has 0 radical (unpaired) electrons. The van der Waals surface area contributed by atoms with Crippen LogP contribution in [0.15, 0.2) is 35.4 Å². The van der Waals surface area contributed by atoms with E-state index in [2.05, 4.69) is 10.3 Å². The van der Waals surface area contributed by atoms with Gasteiger partial charge in [-0.15, -0.1) is 0 Å². The van der Waals surface area contributed by atoms with Gasteiger partial charge in [-0.3, -0.25) is 14.2 Å². The number of benzene rings is 1. The van der Waals surface area contributed by atoms with E-state index in [1.807, 2.05) is 18.2 Å². The van der Waals surface area contributed by atoms with Crippen LogP contribution in [0, 0.1) is 11.8 Å². The minimum Gasteiger partial charge on any atom is -0.352 e. The summed E-state index contributed by atoms with van der Waals surface area (Å²) in [6.45, 7) is 0.617. The molecule has 28 heavy (non-hydrogen) atoms. The molecule has 1 aliphatic heterocycles. The van der Waals surface area contributed by atoms with E-state index in [1.54, 1.807) is 17.0 Å². The summed E-state index contributed by atoms with van der Waals surface area (Å²) in [5, 5.41) is 3.54. The Balaban J connectivity index is 1.33. The van der Waals surface area contributed by atoms with E-state index in [0.29, 0.717) is 29.8 Å². The molecule has 150 valence electrons. The van der Waals surface area contributed by atoms with Crippen LogP contribution in [0.3, 0.4) is 0 Å². The minimum atomic E-state index is -2.99. The van der Waals surface area contributed by atoms with Crippen LogP contribution in [0.4, 0.5) is 0 Å². The van der Waals surface area contributed by atoms with Crippen molar-refractivity contribution in [2.45, 2.75) is 44.7 Å². The molecule has 8 heteroatoms. The van der Waals surface area contributed by atoms with Gasteiger partial charge in [0.15, 0.2) is 9.84 Å². The van der Waals surface area contributed by atoms with E-state index >= 15 is 0 Å². The Bertz CT molecular complexity index is 1040. The summed E-state index contributed by atoms with van der Waals surface area (Å²) < 4.78 is 24.8. The van der Waals surface area contributed by atoms with Gasteiger partial charge in [-0.25, -0.2) is 13.4 Å². The Morgan fingerprint density at radius 3 is 2.61 bits per heavy atom. The highest BCUT2D eigenvalue weighted by Crippen LogP contribution is 2.30. The summed E-state index contributed by atoms with van der Waals surface area (Å²) in [7, 11) is -2.99. The van der Waals surface area contributed by atoms with Crippen LogP contribution in [-0.4, -0.2) is 41.4 Å². The summed E-state index contributed by atoms with van der Waals surface area (Å²) >= 11 is 0. The lowest BCUT2D eigenvalue weighted by Gasteiger charge is -2.28. The Morgan fingerprint density at radius 2 is 1.89 bits per heavy atom. The van der Waals surface area contributed by atoms with Crippen molar-refractivity contribution in [2.75, 3.05) is 11.5 Å². The van der Waals surface area contributed by atoms with E-state index in [-0.39, 0.29) is 34.9 Å². The van der Waals surface area contributed by atoms with Gasteiger partial charge in [0, 0.05) is 18.5 Å². The lowest BCUT2D eigenvalue weighted by atomic mass is 9.81. The number of sulfone groups is 1. The van der Waals surface area contributed by atoms with Crippen molar-refractivity contribution in [3.8, 4) is 0 Å². The molecule has 1 N–H and O–H groups in total. The molecule has 7 nitrogen and oxygen atoms in total. The number of rotatable bonds is 4. The zero-order valence-corrected chi connectivity index (χ0v) is 16.5. The van der Waals surface area contributed by atoms with E-state index < -0.39 is 9.84 Å². The molecular formula is C20H25N3O4S. The lowest BCUT2D eigenvalue weighted by Crippen LogP contribution is -2.41. The summed E-state index contributed by atoms with van der Waals surface area (Å²) in [5.41, 5.74) is 0.686. The van der Waals surface area contributed by atoms with Gasteiger partial charge in [0.05, 0.1) is 28.7 Å². The molecule has 2 aliphatic rings. The normalized spacial score (nSPS) is 26.9. The van der Waals surface area contributed by atoms with Crippen LogP contribution in [0.1, 0.15) is 32.1 Å². The number of fused-ring (bicyclic) bond motifs is 1. The smallest absolute Gasteiger partial charge is 0.261 e. The molecule has 0 spiro atoms. The van der Waals surface area contributed by atoms with E-state index in [1.165, 1.54) is 0 Å². The number of hydrogen-bond donors (Lipinski definition) is 1. The van der Waals surface area contributed by atoms with Crippen LogP contribution in [0.2, 0.25) is 0 Å². The number of para-hydroxylation sites is 1. The molecule has 1 saturated heterocycles. The SMILES string of the molecule is O=C(N[C@@H]1CCS(=O)(=O)C1)C1CCC(Cn2cnc3ccccc3c2=O)CC1. The standard InChI is InChI=1S/C20H25N3O4S/c24-19(22-16-9-10-28(26,27)12-16)15-7-5-14(6-8-15)11-23-13-21-18-4-2-1-3-17(18)20(23)25/h1-4,13-16H,5-12H2,(H,22,24)/t14?,15?,16-/m1/s1. The third kappa shape index (κ3) is 4.11. The van der Waals surface area contributed by atoms with E-state index in [9.17, 15) is 18.0 Å². The first-order chi connectivity index (χ1) is 13.4. The van der Waals surface area contributed by atoms with Crippen molar-refractivity contribution in [1.29, 1.82) is 0 Å². The number of amides is 1. The fourth-order valence-corrected chi connectivity index (χ4v) is 6.02. The van der Waals surface area contributed by atoms with Crippen molar-refractivity contribution < 1.29 is 13.2 Å².